The van der Waals surface area contributed by atoms with E-state index in [0.717, 1.165) is 31.5 Å². The van der Waals surface area contributed by atoms with E-state index in [9.17, 15) is 18.7 Å². The van der Waals surface area contributed by atoms with Crippen molar-refractivity contribution in [3.63, 3.8) is 0 Å². The zero-order valence-corrected chi connectivity index (χ0v) is 12.0. The van der Waals surface area contributed by atoms with Crippen LogP contribution in [0.1, 0.15) is 19.8 Å². The second kappa shape index (κ2) is 6.95. The summed E-state index contributed by atoms with van der Waals surface area (Å²) in [6, 6.07) is 3.22. The highest BCUT2D eigenvalue weighted by Gasteiger charge is 2.29. The Morgan fingerprint density at radius 1 is 1.43 bits per heavy atom. The van der Waals surface area contributed by atoms with E-state index in [2.05, 4.69) is 12.2 Å². The van der Waals surface area contributed by atoms with Gasteiger partial charge < -0.3 is 10.4 Å². The number of halogens is 2. The third-order valence-corrected chi connectivity index (χ3v) is 3.97. The molecule has 2 rings (SSSR count). The minimum absolute atomic E-state index is 0.0135. The monoisotopic (exact) mass is 298 g/mol. The molecular formula is C15H20F2N2O2. The average Bonchev–Trinajstić information content (AvgIpc) is 2.43. The molecule has 0 aromatic heterocycles. The van der Waals surface area contributed by atoms with Gasteiger partial charge in [-0.15, -0.1) is 0 Å². The molecule has 1 heterocycles. The van der Waals surface area contributed by atoms with Crippen molar-refractivity contribution < 1.29 is 18.7 Å². The van der Waals surface area contributed by atoms with Gasteiger partial charge in [0.25, 0.3) is 0 Å². The number of hydrogen-bond donors (Lipinski definition) is 2. The molecule has 1 aromatic rings. The summed E-state index contributed by atoms with van der Waals surface area (Å²) < 4.78 is 25.9. The fourth-order valence-corrected chi connectivity index (χ4v) is 2.79. The molecule has 116 valence electrons. The molecule has 2 N–H and O–H groups in total. The van der Waals surface area contributed by atoms with Crippen LogP contribution in [0.2, 0.25) is 0 Å². The summed E-state index contributed by atoms with van der Waals surface area (Å²) in [6.45, 7) is 2.95. The third-order valence-electron chi connectivity index (χ3n) is 3.97. The fourth-order valence-electron chi connectivity index (χ4n) is 2.79. The van der Waals surface area contributed by atoms with Gasteiger partial charge in [-0.3, -0.25) is 9.69 Å². The summed E-state index contributed by atoms with van der Waals surface area (Å²) >= 11 is 0. The van der Waals surface area contributed by atoms with Gasteiger partial charge in [-0.1, -0.05) is 6.92 Å². The highest BCUT2D eigenvalue weighted by molar-refractivity contribution is 5.92. The number of carbonyl (C=O) groups excluding carboxylic acids is 1. The molecule has 2 unspecified atom stereocenters. The summed E-state index contributed by atoms with van der Waals surface area (Å²) in [5.74, 6) is -1.90. The molecule has 0 spiro atoms. The van der Waals surface area contributed by atoms with Crippen LogP contribution in [0.25, 0.3) is 0 Å². The number of anilines is 1. The van der Waals surface area contributed by atoms with Crippen molar-refractivity contribution in [3.8, 4) is 0 Å². The molecule has 1 aliphatic heterocycles. The maximum absolute atomic E-state index is 13.1. The van der Waals surface area contributed by atoms with Gasteiger partial charge in [-0.2, -0.15) is 0 Å². The van der Waals surface area contributed by atoms with E-state index < -0.39 is 11.6 Å². The van der Waals surface area contributed by atoms with Crippen molar-refractivity contribution in [2.24, 2.45) is 5.92 Å². The van der Waals surface area contributed by atoms with Crippen LogP contribution in [0.5, 0.6) is 0 Å². The molecule has 6 heteroatoms. The fraction of sp³-hybridized carbons (Fsp3) is 0.533. The van der Waals surface area contributed by atoms with Crippen LogP contribution < -0.4 is 5.32 Å². The molecule has 1 amide bonds. The Bertz CT molecular complexity index is 510. The number of benzene rings is 1. The van der Waals surface area contributed by atoms with Crippen LogP contribution in [-0.2, 0) is 4.79 Å². The first-order chi connectivity index (χ1) is 10.0. The van der Waals surface area contributed by atoms with E-state index in [0.29, 0.717) is 5.92 Å². The Hall–Kier alpha value is -1.53. The lowest BCUT2D eigenvalue weighted by atomic mass is 9.91. The minimum atomic E-state index is -0.993. The number of likely N-dealkylation sites (tertiary alicyclic amines) is 1. The summed E-state index contributed by atoms with van der Waals surface area (Å²) in [4.78, 5) is 13.9. The van der Waals surface area contributed by atoms with Crippen LogP contribution >= 0.6 is 0 Å². The first kappa shape index (κ1) is 15.9. The zero-order chi connectivity index (χ0) is 15.4. The number of nitrogens with zero attached hydrogens (tertiary/aromatic N) is 1. The van der Waals surface area contributed by atoms with E-state index in [1.54, 1.807) is 0 Å². The summed E-state index contributed by atoms with van der Waals surface area (Å²) in [6.07, 6.45) is 2.02. The van der Waals surface area contributed by atoms with Crippen molar-refractivity contribution >= 4 is 11.6 Å². The van der Waals surface area contributed by atoms with Gasteiger partial charge in [0.2, 0.25) is 5.91 Å². The van der Waals surface area contributed by atoms with E-state index in [1.165, 1.54) is 6.07 Å². The molecule has 4 nitrogen and oxygen atoms in total. The predicted molar refractivity (Wildman–Crippen MR) is 75.8 cm³/mol. The van der Waals surface area contributed by atoms with Gasteiger partial charge in [-0.05, 0) is 37.4 Å². The average molecular weight is 298 g/mol. The summed E-state index contributed by atoms with van der Waals surface area (Å²) in [5, 5.41) is 12.0. The van der Waals surface area contributed by atoms with E-state index in [-0.39, 0.29) is 30.8 Å². The van der Waals surface area contributed by atoms with Crippen LogP contribution in [0, 0.1) is 17.6 Å². The molecule has 2 atom stereocenters. The highest BCUT2D eigenvalue weighted by Crippen LogP contribution is 2.22. The number of aliphatic hydroxyl groups is 1. The summed E-state index contributed by atoms with van der Waals surface area (Å²) in [5.41, 5.74) is 0.226. The molecule has 1 fully saturated rings. The van der Waals surface area contributed by atoms with Gasteiger partial charge >= 0.3 is 0 Å². The quantitative estimate of drug-likeness (QED) is 0.894. The van der Waals surface area contributed by atoms with E-state index in [1.807, 2.05) is 4.90 Å². The molecular weight excluding hydrogens is 278 g/mol. The second-order valence-electron chi connectivity index (χ2n) is 5.52. The number of amides is 1. The highest BCUT2D eigenvalue weighted by atomic mass is 19.2. The van der Waals surface area contributed by atoms with Crippen molar-refractivity contribution in [1.29, 1.82) is 0 Å². The zero-order valence-electron chi connectivity index (χ0n) is 12.0. The first-order valence-electron chi connectivity index (χ1n) is 7.11. The third kappa shape index (κ3) is 3.98. The van der Waals surface area contributed by atoms with Crippen molar-refractivity contribution in [2.45, 2.75) is 25.8 Å². The molecule has 1 aromatic carbocycles. The smallest absolute Gasteiger partial charge is 0.238 e. The van der Waals surface area contributed by atoms with Gasteiger partial charge in [0, 0.05) is 17.8 Å². The predicted octanol–water partition coefficient (Wildman–Crippen LogP) is 2.00. The number of rotatable bonds is 4. The normalized spacial score (nSPS) is 23.0. The Morgan fingerprint density at radius 3 is 2.86 bits per heavy atom. The lowest BCUT2D eigenvalue weighted by molar-refractivity contribution is -0.118. The van der Waals surface area contributed by atoms with Crippen molar-refractivity contribution in [2.75, 3.05) is 25.0 Å². The lowest BCUT2D eigenvalue weighted by Crippen LogP contribution is -2.49. The van der Waals surface area contributed by atoms with Gasteiger partial charge in [-0.25, -0.2) is 8.78 Å². The summed E-state index contributed by atoms with van der Waals surface area (Å²) in [7, 11) is 0. The molecule has 21 heavy (non-hydrogen) atoms. The van der Waals surface area contributed by atoms with Gasteiger partial charge in [0.05, 0.1) is 13.2 Å². The Morgan fingerprint density at radius 2 is 2.19 bits per heavy atom. The standard InChI is InChI=1S/C15H20F2N2O2/c1-10-3-2-6-19(14(10)9-20)8-15(21)18-11-4-5-12(16)13(17)7-11/h4-5,7,10,14,20H,2-3,6,8-9H2,1H3,(H,18,21). The molecule has 0 aliphatic carbocycles. The topological polar surface area (TPSA) is 52.6 Å². The van der Waals surface area contributed by atoms with Crippen LogP contribution in [0.3, 0.4) is 0 Å². The molecule has 0 radical (unpaired) electrons. The number of hydrogen-bond acceptors (Lipinski definition) is 3. The first-order valence-corrected chi connectivity index (χ1v) is 7.11. The molecule has 1 aliphatic rings. The van der Waals surface area contributed by atoms with Crippen molar-refractivity contribution in [1.82, 2.24) is 4.90 Å². The van der Waals surface area contributed by atoms with Gasteiger partial charge in [0.15, 0.2) is 11.6 Å². The largest absolute Gasteiger partial charge is 0.395 e. The maximum atomic E-state index is 13.1. The SMILES string of the molecule is CC1CCCN(CC(=O)Nc2ccc(F)c(F)c2)C1CO. The molecule has 1 saturated heterocycles. The molecule has 0 bridgehead atoms. The lowest BCUT2D eigenvalue weighted by Gasteiger charge is -2.38. The van der Waals surface area contributed by atoms with Crippen molar-refractivity contribution in [3.05, 3.63) is 29.8 Å². The number of aliphatic hydroxyl groups excluding tert-OH is 1. The second-order valence-corrected chi connectivity index (χ2v) is 5.52. The van der Waals surface area contributed by atoms with Crippen LogP contribution in [0.15, 0.2) is 18.2 Å². The Labute approximate surface area is 122 Å². The Balaban J connectivity index is 1.95. The maximum Gasteiger partial charge on any atom is 0.238 e. The molecule has 0 saturated carbocycles. The Kier molecular flexibility index (Phi) is 5.25. The van der Waals surface area contributed by atoms with Crippen LogP contribution in [0.4, 0.5) is 14.5 Å². The van der Waals surface area contributed by atoms with E-state index in [4.69, 9.17) is 0 Å². The number of carbonyl (C=O) groups is 1. The van der Waals surface area contributed by atoms with Gasteiger partial charge in [0.1, 0.15) is 0 Å². The van der Waals surface area contributed by atoms with Crippen LogP contribution in [-0.4, -0.2) is 41.7 Å². The van der Waals surface area contributed by atoms with E-state index >= 15 is 0 Å². The number of piperidine rings is 1. The number of nitrogens with one attached hydrogen (secondary N) is 1. The minimum Gasteiger partial charge on any atom is -0.395 e.